The molecular formula is C17H27N3OS. The molecule has 0 aromatic heterocycles. The van der Waals surface area contributed by atoms with E-state index in [2.05, 4.69) is 46.7 Å². The van der Waals surface area contributed by atoms with Crippen molar-refractivity contribution in [3.8, 4) is 0 Å². The molecule has 22 heavy (non-hydrogen) atoms. The topological polar surface area (TPSA) is 44.4 Å². The lowest BCUT2D eigenvalue weighted by Crippen LogP contribution is -2.48. The molecule has 2 amide bonds. The number of rotatable bonds is 7. The van der Waals surface area contributed by atoms with E-state index in [1.807, 2.05) is 17.8 Å². The molecule has 1 aromatic rings. The van der Waals surface area contributed by atoms with E-state index in [1.54, 1.807) is 0 Å². The van der Waals surface area contributed by atoms with E-state index in [9.17, 15) is 4.79 Å². The third kappa shape index (κ3) is 5.79. The number of carbonyl (C=O) groups is 1. The molecule has 1 aliphatic heterocycles. The van der Waals surface area contributed by atoms with Crippen molar-refractivity contribution in [1.82, 2.24) is 10.6 Å². The molecule has 1 heterocycles. The first-order valence-electron chi connectivity index (χ1n) is 8.21. The van der Waals surface area contributed by atoms with Crippen LogP contribution in [0.5, 0.6) is 0 Å². The molecule has 1 aromatic carbocycles. The van der Waals surface area contributed by atoms with Crippen LogP contribution < -0.4 is 15.5 Å². The van der Waals surface area contributed by atoms with Gasteiger partial charge in [-0.3, -0.25) is 0 Å². The van der Waals surface area contributed by atoms with E-state index in [0.717, 1.165) is 50.4 Å². The molecule has 4 nitrogen and oxygen atoms in total. The molecule has 2 N–H and O–H groups in total. The lowest BCUT2D eigenvalue weighted by molar-refractivity contribution is 0.234. The van der Waals surface area contributed by atoms with Crippen molar-refractivity contribution < 1.29 is 4.79 Å². The maximum absolute atomic E-state index is 11.9. The fraction of sp³-hybridized carbons (Fsp3) is 0.588. The number of thioether (sulfide) groups is 1. The second-order valence-electron chi connectivity index (χ2n) is 5.55. The van der Waals surface area contributed by atoms with Crippen LogP contribution in [0.25, 0.3) is 0 Å². The molecule has 0 atom stereocenters. The number of anilines is 1. The number of piperidine rings is 1. The van der Waals surface area contributed by atoms with Gasteiger partial charge in [-0.1, -0.05) is 25.1 Å². The zero-order valence-electron chi connectivity index (χ0n) is 13.4. The average molecular weight is 321 g/mol. The fourth-order valence-corrected chi connectivity index (χ4v) is 3.31. The number of nitrogens with one attached hydrogen (secondary N) is 2. The second kappa shape index (κ2) is 9.62. The van der Waals surface area contributed by atoms with Gasteiger partial charge in [-0.25, -0.2) is 4.79 Å². The lowest BCUT2D eigenvalue weighted by atomic mass is 10.0. The number of nitrogens with zero attached hydrogens (tertiary/aromatic N) is 1. The number of hydrogen-bond acceptors (Lipinski definition) is 3. The Morgan fingerprint density at radius 1 is 1.27 bits per heavy atom. The van der Waals surface area contributed by atoms with Crippen molar-refractivity contribution in [2.45, 2.75) is 32.2 Å². The number of benzene rings is 1. The largest absolute Gasteiger partial charge is 0.371 e. The van der Waals surface area contributed by atoms with Crippen molar-refractivity contribution in [2.24, 2.45) is 0 Å². The number of urea groups is 1. The van der Waals surface area contributed by atoms with E-state index in [0.29, 0.717) is 6.04 Å². The molecule has 2 rings (SSSR count). The summed E-state index contributed by atoms with van der Waals surface area (Å²) in [6.45, 7) is 4.93. The van der Waals surface area contributed by atoms with Crippen molar-refractivity contribution in [1.29, 1.82) is 0 Å². The van der Waals surface area contributed by atoms with Crippen molar-refractivity contribution in [2.75, 3.05) is 36.0 Å². The molecule has 0 bridgehead atoms. The van der Waals surface area contributed by atoms with Gasteiger partial charge >= 0.3 is 6.03 Å². The summed E-state index contributed by atoms with van der Waals surface area (Å²) in [6.07, 6.45) is 3.06. The smallest absolute Gasteiger partial charge is 0.315 e. The van der Waals surface area contributed by atoms with Gasteiger partial charge in [0.25, 0.3) is 0 Å². The summed E-state index contributed by atoms with van der Waals surface area (Å²) in [7, 11) is 0. The van der Waals surface area contributed by atoms with E-state index >= 15 is 0 Å². The Hall–Kier alpha value is -1.36. The standard InChI is InChI=1S/C17H27N3OS/c1-2-22-14-6-11-18-17(21)19-15-9-12-20(13-10-15)16-7-4-3-5-8-16/h3-5,7-8,15H,2,6,9-14H2,1H3,(H2,18,19,21). The predicted octanol–water partition coefficient (Wildman–Crippen LogP) is 3.10. The van der Waals surface area contributed by atoms with Crippen molar-refractivity contribution in [3.63, 3.8) is 0 Å². The molecule has 1 aliphatic rings. The molecular weight excluding hydrogens is 294 g/mol. The van der Waals surface area contributed by atoms with E-state index in [4.69, 9.17) is 0 Å². The Morgan fingerprint density at radius 2 is 2.00 bits per heavy atom. The molecule has 5 heteroatoms. The molecule has 0 unspecified atom stereocenters. The van der Waals surface area contributed by atoms with Crippen LogP contribution in [0.4, 0.5) is 10.5 Å². The summed E-state index contributed by atoms with van der Waals surface area (Å²) in [6, 6.07) is 10.8. The summed E-state index contributed by atoms with van der Waals surface area (Å²) in [4.78, 5) is 14.2. The van der Waals surface area contributed by atoms with E-state index < -0.39 is 0 Å². The van der Waals surface area contributed by atoms with Crippen LogP contribution in [0.15, 0.2) is 30.3 Å². The zero-order valence-corrected chi connectivity index (χ0v) is 14.2. The highest BCUT2D eigenvalue weighted by Gasteiger charge is 2.20. The third-order valence-corrected chi connectivity index (χ3v) is 4.89. The van der Waals surface area contributed by atoms with Crippen LogP contribution in [-0.4, -0.2) is 43.2 Å². The zero-order chi connectivity index (χ0) is 15.6. The minimum atomic E-state index is -0.0142. The Kier molecular flexibility index (Phi) is 7.43. The number of hydrogen-bond donors (Lipinski definition) is 2. The molecule has 0 saturated carbocycles. The van der Waals surface area contributed by atoms with Crippen molar-refractivity contribution >= 4 is 23.5 Å². The van der Waals surface area contributed by atoms with Gasteiger partial charge in [-0.2, -0.15) is 11.8 Å². The average Bonchev–Trinajstić information content (AvgIpc) is 2.56. The summed E-state index contributed by atoms with van der Waals surface area (Å²) < 4.78 is 0. The van der Waals surface area contributed by atoms with Gasteiger partial charge in [0.2, 0.25) is 0 Å². The van der Waals surface area contributed by atoms with Gasteiger partial charge in [-0.15, -0.1) is 0 Å². The maximum atomic E-state index is 11.9. The number of carbonyl (C=O) groups excluding carboxylic acids is 1. The Morgan fingerprint density at radius 3 is 2.68 bits per heavy atom. The van der Waals surface area contributed by atoms with Crippen LogP contribution in [0.2, 0.25) is 0 Å². The fourth-order valence-electron chi connectivity index (χ4n) is 2.68. The van der Waals surface area contributed by atoms with Crippen LogP contribution in [0.1, 0.15) is 26.2 Å². The summed E-state index contributed by atoms with van der Waals surface area (Å²) in [5, 5.41) is 6.05. The van der Waals surface area contributed by atoms with Gasteiger partial charge in [0.1, 0.15) is 0 Å². The third-order valence-electron chi connectivity index (χ3n) is 3.91. The molecule has 0 radical (unpaired) electrons. The molecule has 1 fully saturated rings. The van der Waals surface area contributed by atoms with Gasteiger partial charge in [0.15, 0.2) is 0 Å². The van der Waals surface area contributed by atoms with Gasteiger partial charge < -0.3 is 15.5 Å². The summed E-state index contributed by atoms with van der Waals surface area (Å²) in [5.41, 5.74) is 1.28. The van der Waals surface area contributed by atoms with Crippen LogP contribution in [-0.2, 0) is 0 Å². The normalized spacial score (nSPS) is 15.6. The molecule has 0 spiro atoms. The van der Waals surface area contributed by atoms with Crippen molar-refractivity contribution in [3.05, 3.63) is 30.3 Å². The predicted molar refractivity (Wildman–Crippen MR) is 95.8 cm³/mol. The van der Waals surface area contributed by atoms with Gasteiger partial charge in [-0.05, 0) is 42.9 Å². The van der Waals surface area contributed by atoms with Gasteiger partial charge in [0.05, 0.1) is 0 Å². The minimum absolute atomic E-state index is 0.0142. The highest BCUT2D eigenvalue weighted by atomic mass is 32.2. The van der Waals surface area contributed by atoms with Crippen LogP contribution in [0, 0.1) is 0 Å². The number of amides is 2. The van der Waals surface area contributed by atoms with E-state index in [1.165, 1.54) is 5.69 Å². The molecule has 0 aliphatic carbocycles. The Balaban J connectivity index is 1.62. The minimum Gasteiger partial charge on any atom is -0.371 e. The molecule has 1 saturated heterocycles. The lowest BCUT2D eigenvalue weighted by Gasteiger charge is -2.33. The van der Waals surface area contributed by atoms with Gasteiger partial charge in [0, 0.05) is 31.4 Å². The number of para-hydroxylation sites is 1. The first-order chi connectivity index (χ1) is 10.8. The monoisotopic (exact) mass is 321 g/mol. The Bertz CT molecular complexity index is 433. The summed E-state index contributed by atoms with van der Waals surface area (Å²) >= 11 is 1.92. The Labute approximate surface area is 138 Å². The molecule has 122 valence electrons. The summed E-state index contributed by atoms with van der Waals surface area (Å²) in [5.74, 6) is 2.26. The highest BCUT2D eigenvalue weighted by molar-refractivity contribution is 7.99. The SMILES string of the molecule is CCSCCCNC(=O)NC1CCN(c2ccccc2)CC1. The quantitative estimate of drug-likeness (QED) is 0.759. The maximum Gasteiger partial charge on any atom is 0.315 e. The van der Waals surface area contributed by atoms with Crippen LogP contribution in [0.3, 0.4) is 0 Å². The van der Waals surface area contributed by atoms with Crippen LogP contribution >= 0.6 is 11.8 Å². The first kappa shape index (κ1) is 17.0. The first-order valence-corrected chi connectivity index (χ1v) is 9.37. The highest BCUT2D eigenvalue weighted by Crippen LogP contribution is 2.19. The second-order valence-corrected chi connectivity index (χ2v) is 6.94. The van der Waals surface area contributed by atoms with E-state index in [-0.39, 0.29) is 6.03 Å².